The molecule has 0 bridgehead atoms. The van der Waals surface area contributed by atoms with Gasteiger partial charge in [0.1, 0.15) is 5.75 Å². The zero-order valence-electron chi connectivity index (χ0n) is 14.7. The Hall–Kier alpha value is -2.41. The molecule has 6 nitrogen and oxygen atoms in total. The summed E-state index contributed by atoms with van der Waals surface area (Å²) >= 11 is 1.39. The van der Waals surface area contributed by atoms with Crippen LogP contribution in [0.25, 0.3) is 0 Å². The number of rotatable bonds is 9. The molecule has 1 aromatic carbocycles. The van der Waals surface area contributed by atoms with Gasteiger partial charge in [-0.05, 0) is 42.7 Å². The van der Waals surface area contributed by atoms with Crippen LogP contribution in [-0.4, -0.2) is 30.4 Å². The molecule has 0 saturated heterocycles. The normalized spacial score (nSPS) is 11.0. The topological polar surface area (TPSA) is 72.8 Å². The highest BCUT2D eigenvalue weighted by Crippen LogP contribution is 2.16. The van der Waals surface area contributed by atoms with Crippen LogP contribution in [0, 0.1) is 5.92 Å². The van der Waals surface area contributed by atoms with Gasteiger partial charge in [-0.1, -0.05) is 13.8 Å². The van der Waals surface area contributed by atoms with Crippen molar-refractivity contribution in [2.45, 2.75) is 27.2 Å². The number of ether oxygens (including phenoxy) is 2. The summed E-state index contributed by atoms with van der Waals surface area (Å²) in [6.45, 7) is 7.09. The Labute approximate surface area is 151 Å². The maximum atomic E-state index is 11.4. The van der Waals surface area contributed by atoms with E-state index >= 15 is 0 Å². The zero-order valence-corrected chi connectivity index (χ0v) is 15.5. The maximum absolute atomic E-state index is 11.4. The van der Waals surface area contributed by atoms with Gasteiger partial charge in [0.25, 0.3) is 0 Å². The summed E-state index contributed by atoms with van der Waals surface area (Å²) in [5, 5.41) is 6.61. The van der Waals surface area contributed by atoms with Crippen LogP contribution in [0.3, 0.4) is 0 Å². The lowest BCUT2D eigenvalue weighted by Crippen LogP contribution is -2.07. The van der Waals surface area contributed by atoms with Crippen LogP contribution in [0.2, 0.25) is 0 Å². The minimum atomic E-state index is -0.275. The van der Waals surface area contributed by atoms with Crippen molar-refractivity contribution in [3.05, 3.63) is 40.9 Å². The predicted octanol–water partition coefficient (Wildman–Crippen LogP) is 3.73. The van der Waals surface area contributed by atoms with E-state index in [0.717, 1.165) is 11.3 Å². The number of aromatic nitrogens is 1. The third-order valence-electron chi connectivity index (χ3n) is 3.02. The molecule has 0 aliphatic heterocycles. The number of carbonyl (C=O) groups is 1. The fourth-order valence-electron chi connectivity index (χ4n) is 1.87. The van der Waals surface area contributed by atoms with Gasteiger partial charge in [-0.25, -0.2) is 4.98 Å². The minimum Gasteiger partial charge on any atom is -0.493 e. The predicted molar refractivity (Wildman–Crippen MR) is 100 cm³/mol. The molecule has 0 amide bonds. The molecule has 0 radical (unpaired) electrons. The summed E-state index contributed by atoms with van der Waals surface area (Å²) in [6.07, 6.45) is 1.88. The van der Waals surface area contributed by atoms with E-state index in [1.54, 1.807) is 13.1 Å². The molecule has 0 aliphatic carbocycles. The van der Waals surface area contributed by atoms with Gasteiger partial charge in [0.15, 0.2) is 0 Å². The quantitative estimate of drug-likeness (QED) is 0.418. The molecular formula is C18H23N3O3S. The summed E-state index contributed by atoms with van der Waals surface area (Å²) in [4.78, 5) is 15.7. The van der Waals surface area contributed by atoms with Crippen LogP contribution in [0.5, 0.6) is 5.75 Å². The molecule has 1 aromatic heterocycles. The second-order valence-electron chi connectivity index (χ2n) is 5.77. The maximum Gasteiger partial charge on any atom is 0.311 e. The minimum absolute atomic E-state index is 0.174. The Balaban J connectivity index is 1.82. The number of thiazole rings is 1. The first-order valence-corrected chi connectivity index (χ1v) is 9.06. The van der Waals surface area contributed by atoms with Crippen LogP contribution in [0.15, 0.2) is 34.7 Å². The second-order valence-corrected chi connectivity index (χ2v) is 6.63. The van der Waals surface area contributed by atoms with E-state index in [-0.39, 0.29) is 12.4 Å². The van der Waals surface area contributed by atoms with Crippen molar-refractivity contribution in [1.82, 2.24) is 4.98 Å². The van der Waals surface area contributed by atoms with Crippen molar-refractivity contribution in [2.24, 2.45) is 11.0 Å². The van der Waals surface area contributed by atoms with E-state index in [9.17, 15) is 4.79 Å². The third-order valence-corrected chi connectivity index (χ3v) is 3.82. The summed E-state index contributed by atoms with van der Waals surface area (Å²) < 4.78 is 10.5. The van der Waals surface area contributed by atoms with Gasteiger partial charge < -0.3 is 9.47 Å². The Morgan fingerprint density at radius 3 is 2.80 bits per heavy atom. The fraction of sp³-hybridized carbons (Fsp3) is 0.389. The Morgan fingerprint density at radius 1 is 1.36 bits per heavy atom. The molecule has 0 unspecified atom stereocenters. The van der Waals surface area contributed by atoms with E-state index in [1.807, 2.05) is 29.6 Å². The Kier molecular flexibility index (Phi) is 7.40. The van der Waals surface area contributed by atoms with Gasteiger partial charge in [0.2, 0.25) is 5.13 Å². The van der Waals surface area contributed by atoms with Crippen molar-refractivity contribution in [1.29, 1.82) is 0 Å². The summed E-state index contributed by atoms with van der Waals surface area (Å²) in [7, 11) is 0. The number of nitrogens with zero attached hydrogens (tertiary/aromatic N) is 2. The molecule has 0 atom stereocenters. The van der Waals surface area contributed by atoms with Crippen LogP contribution in [-0.2, 0) is 16.0 Å². The fourth-order valence-corrected chi connectivity index (χ4v) is 2.53. The summed E-state index contributed by atoms with van der Waals surface area (Å²) in [5.41, 5.74) is 4.49. The number of esters is 1. The van der Waals surface area contributed by atoms with Gasteiger partial charge in [-0.3, -0.25) is 10.2 Å². The van der Waals surface area contributed by atoms with E-state index in [2.05, 4.69) is 29.4 Å². The third kappa shape index (κ3) is 6.93. The first kappa shape index (κ1) is 18.9. The lowest BCUT2D eigenvalue weighted by molar-refractivity contribution is -0.142. The molecule has 0 aliphatic rings. The largest absolute Gasteiger partial charge is 0.493 e. The average Bonchev–Trinajstić information content (AvgIpc) is 3.01. The van der Waals surface area contributed by atoms with Gasteiger partial charge in [0.05, 0.1) is 31.5 Å². The smallest absolute Gasteiger partial charge is 0.311 e. The molecule has 2 rings (SSSR count). The molecule has 25 heavy (non-hydrogen) atoms. The van der Waals surface area contributed by atoms with Crippen molar-refractivity contribution in [3.8, 4) is 5.75 Å². The van der Waals surface area contributed by atoms with Gasteiger partial charge in [0, 0.05) is 5.38 Å². The molecule has 0 saturated carbocycles. The summed E-state index contributed by atoms with van der Waals surface area (Å²) in [5.74, 6) is 1.07. The van der Waals surface area contributed by atoms with E-state index in [1.165, 1.54) is 11.3 Å². The zero-order chi connectivity index (χ0) is 18.1. The first-order valence-electron chi connectivity index (χ1n) is 8.18. The van der Waals surface area contributed by atoms with Crippen LogP contribution < -0.4 is 10.2 Å². The number of benzene rings is 1. The molecule has 134 valence electrons. The van der Waals surface area contributed by atoms with Gasteiger partial charge in [-0.2, -0.15) is 5.10 Å². The van der Waals surface area contributed by atoms with Crippen molar-refractivity contribution in [2.75, 3.05) is 18.6 Å². The lowest BCUT2D eigenvalue weighted by atomic mass is 10.2. The Bertz CT molecular complexity index is 696. The van der Waals surface area contributed by atoms with Crippen molar-refractivity contribution >= 4 is 28.7 Å². The van der Waals surface area contributed by atoms with Crippen molar-refractivity contribution < 1.29 is 14.3 Å². The van der Waals surface area contributed by atoms with Crippen molar-refractivity contribution in [3.63, 3.8) is 0 Å². The molecule has 1 heterocycles. The number of hydrogen-bond acceptors (Lipinski definition) is 7. The number of nitrogens with one attached hydrogen (secondary N) is 1. The van der Waals surface area contributed by atoms with E-state index in [0.29, 0.717) is 30.0 Å². The second kappa shape index (κ2) is 9.78. The van der Waals surface area contributed by atoms with Crippen LogP contribution in [0.1, 0.15) is 32.0 Å². The summed E-state index contributed by atoms with van der Waals surface area (Å²) in [6, 6.07) is 7.72. The highest BCUT2D eigenvalue weighted by atomic mass is 32.1. The standard InChI is InChI=1S/C18H23N3O3S/c1-4-23-17(22)9-15-12-25-18(20-15)21-19-10-14-5-7-16(8-6-14)24-11-13(2)3/h5-8,10,12-13H,4,9,11H2,1-3H3,(H,20,21)/b19-10-. The van der Waals surface area contributed by atoms with Gasteiger partial charge in [-0.15, -0.1) is 11.3 Å². The van der Waals surface area contributed by atoms with E-state index < -0.39 is 0 Å². The van der Waals surface area contributed by atoms with Crippen LogP contribution >= 0.6 is 11.3 Å². The number of anilines is 1. The average molecular weight is 361 g/mol. The van der Waals surface area contributed by atoms with Crippen LogP contribution in [0.4, 0.5) is 5.13 Å². The lowest BCUT2D eigenvalue weighted by Gasteiger charge is -2.08. The first-order chi connectivity index (χ1) is 12.1. The van der Waals surface area contributed by atoms with Gasteiger partial charge >= 0.3 is 5.97 Å². The highest BCUT2D eigenvalue weighted by Gasteiger charge is 2.07. The van der Waals surface area contributed by atoms with E-state index in [4.69, 9.17) is 9.47 Å². The molecule has 0 fully saturated rings. The number of carbonyl (C=O) groups excluding carboxylic acids is 1. The molecule has 0 spiro atoms. The number of hydrazone groups is 1. The SMILES string of the molecule is CCOC(=O)Cc1csc(N/N=C\c2ccc(OCC(C)C)cc2)n1. The monoisotopic (exact) mass is 361 g/mol. The molecule has 2 aromatic rings. The highest BCUT2D eigenvalue weighted by molar-refractivity contribution is 7.13. The molecular weight excluding hydrogens is 338 g/mol. The molecule has 1 N–H and O–H groups in total. The Morgan fingerprint density at radius 2 is 2.12 bits per heavy atom. The number of hydrogen-bond donors (Lipinski definition) is 1. The molecule has 7 heteroatoms.